The van der Waals surface area contributed by atoms with E-state index in [1.54, 1.807) is 30.6 Å². The first-order valence-corrected chi connectivity index (χ1v) is 8.45. The molecule has 1 atom stereocenters. The minimum Gasteiger partial charge on any atom is -0.490 e. The number of ether oxygens (including phenoxy) is 2. The van der Waals surface area contributed by atoms with Crippen LogP contribution in [-0.4, -0.2) is 48.3 Å². The minimum atomic E-state index is -0.168. The van der Waals surface area contributed by atoms with Gasteiger partial charge in [-0.25, -0.2) is 9.97 Å². The lowest BCUT2D eigenvalue weighted by Gasteiger charge is -2.14. The molecule has 132 valence electrons. The van der Waals surface area contributed by atoms with E-state index in [-0.39, 0.29) is 12.0 Å². The summed E-state index contributed by atoms with van der Waals surface area (Å²) in [5.41, 5.74) is 0.524. The monoisotopic (exact) mass is 342 g/mol. The van der Waals surface area contributed by atoms with Crippen molar-refractivity contribution >= 4 is 11.9 Å². The summed E-state index contributed by atoms with van der Waals surface area (Å²) in [6, 6.07) is 8.99. The number of aromatic nitrogens is 2. The van der Waals surface area contributed by atoms with Crippen LogP contribution in [0.1, 0.15) is 23.2 Å². The number of hydrogen-bond acceptors (Lipinski definition) is 6. The molecule has 7 heteroatoms. The molecule has 0 unspecified atom stereocenters. The van der Waals surface area contributed by atoms with E-state index in [0.717, 1.165) is 19.4 Å². The number of hydrogen-bond donors (Lipinski definition) is 2. The van der Waals surface area contributed by atoms with E-state index >= 15 is 0 Å². The highest BCUT2D eigenvalue weighted by atomic mass is 16.5. The summed E-state index contributed by atoms with van der Waals surface area (Å²) < 4.78 is 11.3. The van der Waals surface area contributed by atoms with Gasteiger partial charge in [-0.15, -0.1) is 0 Å². The van der Waals surface area contributed by atoms with Crippen molar-refractivity contribution in [2.45, 2.75) is 18.9 Å². The molecule has 1 aromatic heterocycles. The second kappa shape index (κ2) is 8.98. The van der Waals surface area contributed by atoms with Crippen LogP contribution in [0, 0.1) is 0 Å². The Morgan fingerprint density at radius 1 is 1.20 bits per heavy atom. The topological polar surface area (TPSA) is 85.4 Å². The van der Waals surface area contributed by atoms with Gasteiger partial charge in [-0.1, -0.05) is 12.1 Å². The van der Waals surface area contributed by atoms with Crippen molar-refractivity contribution in [2.24, 2.45) is 0 Å². The first-order chi connectivity index (χ1) is 12.3. The number of benzene rings is 1. The third-order valence-electron chi connectivity index (χ3n) is 3.84. The Bertz CT molecular complexity index is 675. The van der Waals surface area contributed by atoms with Crippen molar-refractivity contribution < 1.29 is 14.3 Å². The quantitative estimate of drug-likeness (QED) is 0.713. The molecule has 1 amide bonds. The Morgan fingerprint density at radius 3 is 2.84 bits per heavy atom. The third-order valence-corrected chi connectivity index (χ3v) is 3.84. The Hall–Kier alpha value is -2.67. The van der Waals surface area contributed by atoms with Crippen LogP contribution in [0.2, 0.25) is 0 Å². The van der Waals surface area contributed by atoms with Crippen LogP contribution in [0.3, 0.4) is 0 Å². The van der Waals surface area contributed by atoms with Gasteiger partial charge in [-0.3, -0.25) is 4.79 Å². The summed E-state index contributed by atoms with van der Waals surface area (Å²) in [7, 11) is 0. The van der Waals surface area contributed by atoms with Crippen LogP contribution in [-0.2, 0) is 4.74 Å². The van der Waals surface area contributed by atoms with Crippen LogP contribution in [0.15, 0.2) is 42.7 Å². The van der Waals surface area contributed by atoms with Gasteiger partial charge < -0.3 is 20.1 Å². The molecule has 0 spiro atoms. The van der Waals surface area contributed by atoms with E-state index < -0.39 is 0 Å². The summed E-state index contributed by atoms with van der Waals surface area (Å²) in [5.74, 6) is 0.950. The van der Waals surface area contributed by atoms with E-state index in [9.17, 15) is 4.79 Å². The smallest absolute Gasteiger partial charge is 0.255 e. The number of carbonyl (C=O) groups excluding carboxylic acids is 1. The van der Waals surface area contributed by atoms with Gasteiger partial charge in [-0.05, 0) is 31.0 Å². The standard InChI is InChI=1S/C18H22N4O3/c23-17(19-10-11-22-18-20-8-4-9-21-18)15-6-1-2-7-16(15)25-13-14-5-3-12-24-14/h1-2,4,6-9,14H,3,5,10-13H2,(H,19,23)(H,20,21,22)/t14-/m1/s1. The highest BCUT2D eigenvalue weighted by Crippen LogP contribution is 2.20. The van der Waals surface area contributed by atoms with Gasteiger partial charge in [0.1, 0.15) is 12.4 Å². The van der Waals surface area contributed by atoms with E-state index in [4.69, 9.17) is 9.47 Å². The van der Waals surface area contributed by atoms with Crippen molar-refractivity contribution in [3.8, 4) is 5.75 Å². The second-order valence-electron chi connectivity index (χ2n) is 5.70. The van der Waals surface area contributed by atoms with Crippen LogP contribution in [0.4, 0.5) is 5.95 Å². The zero-order valence-corrected chi connectivity index (χ0v) is 14.0. The van der Waals surface area contributed by atoms with Gasteiger partial charge in [0.05, 0.1) is 11.7 Å². The number of nitrogens with zero attached hydrogens (tertiary/aromatic N) is 2. The normalized spacial score (nSPS) is 16.4. The number of amides is 1. The van der Waals surface area contributed by atoms with Crippen molar-refractivity contribution in [2.75, 3.05) is 31.6 Å². The fourth-order valence-corrected chi connectivity index (χ4v) is 2.57. The molecule has 1 aliphatic heterocycles. The molecule has 2 heterocycles. The zero-order chi connectivity index (χ0) is 17.3. The predicted molar refractivity (Wildman–Crippen MR) is 93.8 cm³/mol. The molecule has 0 saturated carbocycles. The van der Waals surface area contributed by atoms with E-state index in [1.165, 1.54) is 0 Å². The molecule has 3 rings (SSSR count). The summed E-state index contributed by atoms with van der Waals surface area (Å²) in [6.45, 7) is 2.25. The maximum Gasteiger partial charge on any atom is 0.255 e. The van der Waals surface area contributed by atoms with Crippen molar-refractivity contribution in [3.05, 3.63) is 48.3 Å². The Morgan fingerprint density at radius 2 is 2.04 bits per heavy atom. The number of rotatable bonds is 8. The zero-order valence-electron chi connectivity index (χ0n) is 14.0. The van der Waals surface area contributed by atoms with E-state index in [2.05, 4.69) is 20.6 Å². The number of nitrogens with one attached hydrogen (secondary N) is 2. The molecule has 1 saturated heterocycles. The SMILES string of the molecule is O=C(NCCNc1ncccn1)c1ccccc1OC[C@H]1CCCO1. The van der Waals surface area contributed by atoms with Crippen LogP contribution in [0.5, 0.6) is 5.75 Å². The lowest BCUT2D eigenvalue weighted by atomic mass is 10.2. The Kier molecular flexibility index (Phi) is 6.17. The van der Waals surface area contributed by atoms with Crippen LogP contribution in [0.25, 0.3) is 0 Å². The molecule has 1 aromatic carbocycles. The van der Waals surface area contributed by atoms with Gasteiger partial charge in [-0.2, -0.15) is 0 Å². The fourth-order valence-electron chi connectivity index (χ4n) is 2.57. The fraction of sp³-hybridized carbons (Fsp3) is 0.389. The minimum absolute atomic E-state index is 0.117. The number of para-hydroxylation sites is 1. The molecule has 0 radical (unpaired) electrons. The van der Waals surface area contributed by atoms with Gasteiger partial charge in [0, 0.05) is 32.1 Å². The van der Waals surface area contributed by atoms with E-state index in [0.29, 0.717) is 37.0 Å². The summed E-state index contributed by atoms with van der Waals surface area (Å²) >= 11 is 0. The lowest BCUT2D eigenvalue weighted by molar-refractivity contribution is 0.0670. The second-order valence-corrected chi connectivity index (χ2v) is 5.70. The highest BCUT2D eigenvalue weighted by molar-refractivity contribution is 5.96. The lowest BCUT2D eigenvalue weighted by Crippen LogP contribution is -2.29. The first kappa shape index (κ1) is 17.2. The van der Waals surface area contributed by atoms with Gasteiger partial charge in [0.2, 0.25) is 5.95 Å². The largest absolute Gasteiger partial charge is 0.490 e. The van der Waals surface area contributed by atoms with Gasteiger partial charge in [0.25, 0.3) is 5.91 Å². The third kappa shape index (κ3) is 5.15. The maximum absolute atomic E-state index is 12.4. The van der Waals surface area contributed by atoms with E-state index in [1.807, 2.05) is 12.1 Å². The van der Waals surface area contributed by atoms with Gasteiger partial charge >= 0.3 is 0 Å². The Labute approximate surface area is 146 Å². The molecule has 25 heavy (non-hydrogen) atoms. The number of carbonyl (C=O) groups is 1. The maximum atomic E-state index is 12.4. The molecule has 2 aromatic rings. The van der Waals surface area contributed by atoms with Crippen LogP contribution >= 0.6 is 0 Å². The average Bonchev–Trinajstić information content (AvgIpc) is 3.18. The predicted octanol–water partition coefficient (Wildman–Crippen LogP) is 1.88. The molecular formula is C18H22N4O3. The molecule has 7 nitrogen and oxygen atoms in total. The van der Waals surface area contributed by atoms with Gasteiger partial charge in [0.15, 0.2) is 0 Å². The average molecular weight is 342 g/mol. The summed E-state index contributed by atoms with van der Waals surface area (Å²) in [4.78, 5) is 20.5. The summed E-state index contributed by atoms with van der Waals surface area (Å²) in [6.07, 6.45) is 5.51. The number of anilines is 1. The molecule has 0 bridgehead atoms. The molecule has 1 fully saturated rings. The Balaban J connectivity index is 1.47. The molecule has 1 aliphatic rings. The molecule has 2 N–H and O–H groups in total. The molecule has 0 aliphatic carbocycles. The summed E-state index contributed by atoms with van der Waals surface area (Å²) in [5, 5.41) is 5.91. The first-order valence-electron chi connectivity index (χ1n) is 8.45. The van der Waals surface area contributed by atoms with Crippen molar-refractivity contribution in [3.63, 3.8) is 0 Å². The van der Waals surface area contributed by atoms with Crippen molar-refractivity contribution in [1.29, 1.82) is 0 Å². The highest BCUT2D eigenvalue weighted by Gasteiger charge is 2.18. The molecular weight excluding hydrogens is 320 g/mol. The van der Waals surface area contributed by atoms with Crippen molar-refractivity contribution in [1.82, 2.24) is 15.3 Å². The van der Waals surface area contributed by atoms with Crippen LogP contribution < -0.4 is 15.4 Å².